The van der Waals surface area contributed by atoms with Gasteiger partial charge in [-0.05, 0) is 49.2 Å². The van der Waals surface area contributed by atoms with Crippen molar-refractivity contribution in [2.24, 2.45) is 0 Å². The van der Waals surface area contributed by atoms with Gasteiger partial charge in [-0.2, -0.15) is 0 Å². The van der Waals surface area contributed by atoms with Crippen LogP contribution in [0.1, 0.15) is 16.7 Å². The summed E-state index contributed by atoms with van der Waals surface area (Å²) in [5.74, 6) is 0.920. The molecule has 0 aliphatic carbocycles. The Balaban J connectivity index is 1.87. The Labute approximate surface area is 119 Å². The van der Waals surface area contributed by atoms with Crippen LogP contribution >= 0.6 is 0 Å². The smallest absolute Gasteiger partial charge is 0.120 e. The molecule has 20 heavy (non-hydrogen) atoms. The van der Waals surface area contributed by atoms with Crippen LogP contribution < -0.4 is 4.74 Å². The summed E-state index contributed by atoms with van der Waals surface area (Å²) < 4.78 is 5.93. The SMILES string of the molecule is Cc1cc(C)cc(OCc2ccnc3ccccc23)c1. The summed E-state index contributed by atoms with van der Waals surface area (Å²) in [4.78, 5) is 4.37. The van der Waals surface area contributed by atoms with Crippen LogP contribution in [0, 0.1) is 13.8 Å². The molecule has 3 aromatic rings. The minimum Gasteiger partial charge on any atom is -0.489 e. The number of hydrogen-bond acceptors (Lipinski definition) is 2. The molecule has 0 radical (unpaired) electrons. The Morgan fingerprint density at radius 3 is 2.50 bits per heavy atom. The predicted molar refractivity (Wildman–Crippen MR) is 82.0 cm³/mol. The van der Waals surface area contributed by atoms with Gasteiger partial charge < -0.3 is 4.74 Å². The van der Waals surface area contributed by atoms with E-state index < -0.39 is 0 Å². The monoisotopic (exact) mass is 263 g/mol. The molecule has 2 heteroatoms. The van der Waals surface area contributed by atoms with Gasteiger partial charge in [0.05, 0.1) is 5.52 Å². The number of fused-ring (bicyclic) bond motifs is 1. The van der Waals surface area contributed by atoms with Crippen LogP contribution in [0.4, 0.5) is 0 Å². The lowest BCUT2D eigenvalue weighted by Gasteiger charge is -2.10. The van der Waals surface area contributed by atoms with Gasteiger partial charge in [0.1, 0.15) is 12.4 Å². The Bertz CT molecular complexity index is 724. The fraction of sp³-hybridized carbons (Fsp3) is 0.167. The molecule has 0 aliphatic rings. The minimum absolute atomic E-state index is 0.561. The number of hydrogen-bond donors (Lipinski definition) is 0. The Hall–Kier alpha value is -2.35. The summed E-state index contributed by atoms with van der Waals surface area (Å²) in [7, 11) is 0. The Morgan fingerprint density at radius 2 is 1.70 bits per heavy atom. The van der Waals surface area contributed by atoms with E-state index in [0.29, 0.717) is 6.61 Å². The zero-order valence-corrected chi connectivity index (χ0v) is 11.8. The molecule has 0 amide bonds. The number of benzene rings is 2. The first-order valence-electron chi connectivity index (χ1n) is 6.76. The highest BCUT2D eigenvalue weighted by Crippen LogP contribution is 2.20. The number of para-hydroxylation sites is 1. The Kier molecular flexibility index (Phi) is 3.38. The third-order valence-electron chi connectivity index (χ3n) is 3.33. The van der Waals surface area contributed by atoms with Gasteiger partial charge in [0, 0.05) is 17.1 Å². The van der Waals surface area contributed by atoms with E-state index >= 15 is 0 Å². The molecule has 0 spiro atoms. The summed E-state index contributed by atoms with van der Waals surface area (Å²) in [6.07, 6.45) is 1.84. The fourth-order valence-electron chi connectivity index (χ4n) is 2.46. The molecular formula is C18H17NO. The van der Waals surface area contributed by atoms with E-state index in [1.165, 1.54) is 11.1 Å². The zero-order valence-electron chi connectivity index (χ0n) is 11.8. The molecule has 2 aromatic carbocycles. The van der Waals surface area contributed by atoms with Gasteiger partial charge in [0.25, 0.3) is 0 Å². The van der Waals surface area contributed by atoms with E-state index in [1.807, 2.05) is 30.5 Å². The molecule has 0 saturated carbocycles. The molecule has 0 aliphatic heterocycles. The first kappa shape index (κ1) is 12.7. The van der Waals surface area contributed by atoms with Crippen LogP contribution in [0.3, 0.4) is 0 Å². The quantitative estimate of drug-likeness (QED) is 0.697. The van der Waals surface area contributed by atoms with E-state index in [1.54, 1.807) is 0 Å². The predicted octanol–water partition coefficient (Wildman–Crippen LogP) is 4.43. The second-order valence-electron chi connectivity index (χ2n) is 5.10. The number of aryl methyl sites for hydroxylation is 2. The van der Waals surface area contributed by atoms with Crippen LogP contribution in [0.15, 0.2) is 54.7 Å². The lowest BCUT2D eigenvalue weighted by atomic mass is 10.1. The number of aromatic nitrogens is 1. The van der Waals surface area contributed by atoms with Crippen molar-refractivity contribution in [3.8, 4) is 5.75 Å². The van der Waals surface area contributed by atoms with E-state index in [4.69, 9.17) is 4.74 Å². The fourth-order valence-corrected chi connectivity index (χ4v) is 2.46. The van der Waals surface area contributed by atoms with Crippen LogP contribution in [-0.4, -0.2) is 4.98 Å². The van der Waals surface area contributed by atoms with E-state index in [9.17, 15) is 0 Å². The van der Waals surface area contributed by atoms with Crippen LogP contribution in [0.2, 0.25) is 0 Å². The molecule has 3 rings (SSSR count). The minimum atomic E-state index is 0.561. The highest BCUT2D eigenvalue weighted by Gasteiger charge is 2.03. The molecule has 0 N–H and O–H groups in total. The van der Waals surface area contributed by atoms with E-state index in [0.717, 1.165) is 22.2 Å². The topological polar surface area (TPSA) is 22.1 Å². The highest BCUT2D eigenvalue weighted by molar-refractivity contribution is 5.81. The Morgan fingerprint density at radius 1 is 0.950 bits per heavy atom. The second-order valence-corrected chi connectivity index (χ2v) is 5.10. The van der Waals surface area contributed by atoms with Gasteiger partial charge in [0.15, 0.2) is 0 Å². The van der Waals surface area contributed by atoms with Crippen LogP contribution in [-0.2, 0) is 6.61 Å². The first-order valence-corrected chi connectivity index (χ1v) is 6.76. The summed E-state index contributed by atoms with van der Waals surface area (Å²) in [5, 5.41) is 1.15. The normalized spacial score (nSPS) is 10.7. The number of ether oxygens (including phenoxy) is 1. The molecule has 100 valence electrons. The van der Waals surface area contributed by atoms with Crippen molar-refractivity contribution in [2.45, 2.75) is 20.5 Å². The van der Waals surface area contributed by atoms with Gasteiger partial charge in [0.2, 0.25) is 0 Å². The van der Waals surface area contributed by atoms with Gasteiger partial charge in [-0.1, -0.05) is 24.3 Å². The lowest BCUT2D eigenvalue weighted by Crippen LogP contribution is -1.97. The number of rotatable bonds is 3. The maximum atomic E-state index is 5.93. The average molecular weight is 263 g/mol. The van der Waals surface area contributed by atoms with E-state index in [-0.39, 0.29) is 0 Å². The molecule has 1 heterocycles. The maximum absolute atomic E-state index is 5.93. The van der Waals surface area contributed by atoms with Gasteiger partial charge in [-0.3, -0.25) is 4.98 Å². The van der Waals surface area contributed by atoms with Crippen LogP contribution in [0.5, 0.6) is 5.75 Å². The number of pyridine rings is 1. The van der Waals surface area contributed by atoms with E-state index in [2.05, 4.69) is 43.1 Å². The van der Waals surface area contributed by atoms with Crippen molar-refractivity contribution in [1.82, 2.24) is 4.98 Å². The standard InChI is InChI=1S/C18H17NO/c1-13-9-14(2)11-16(10-13)20-12-15-7-8-19-18-6-4-3-5-17(15)18/h3-11H,12H2,1-2H3. The van der Waals surface area contributed by atoms with Crippen molar-refractivity contribution >= 4 is 10.9 Å². The number of nitrogens with zero attached hydrogens (tertiary/aromatic N) is 1. The summed E-state index contributed by atoms with van der Waals surface area (Å²) >= 11 is 0. The second kappa shape index (κ2) is 5.33. The summed E-state index contributed by atoms with van der Waals surface area (Å²) in [6, 6.07) is 16.4. The van der Waals surface area contributed by atoms with Gasteiger partial charge in [-0.15, -0.1) is 0 Å². The third-order valence-corrected chi connectivity index (χ3v) is 3.33. The molecule has 0 unspecified atom stereocenters. The summed E-state index contributed by atoms with van der Waals surface area (Å²) in [6.45, 7) is 4.73. The van der Waals surface area contributed by atoms with Crippen molar-refractivity contribution < 1.29 is 4.74 Å². The summed E-state index contributed by atoms with van der Waals surface area (Å²) in [5.41, 5.74) is 4.61. The molecule has 0 atom stereocenters. The van der Waals surface area contributed by atoms with Crippen molar-refractivity contribution in [1.29, 1.82) is 0 Å². The largest absolute Gasteiger partial charge is 0.489 e. The third kappa shape index (κ3) is 2.64. The first-order chi connectivity index (χ1) is 9.72. The van der Waals surface area contributed by atoms with Crippen molar-refractivity contribution in [2.75, 3.05) is 0 Å². The molecule has 0 saturated heterocycles. The van der Waals surface area contributed by atoms with Gasteiger partial charge >= 0.3 is 0 Å². The van der Waals surface area contributed by atoms with Crippen molar-refractivity contribution in [3.63, 3.8) is 0 Å². The maximum Gasteiger partial charge on any atom is 0.120 e. The highest BCUT2D eigenvalue weighted by atomic mass is 16.5. The molecule has 2 nitrogen and oxygen atoms in total. The molecular weight excluding hydrogens is 246 g/mol. The van der Waals surface area contributed by atoms with Crippen LogP contribution in [0.25, 0.3) is 10.9 Å². The van der Waals surface area contributed by atoms with Gasteiger partial charge in [-0.25, -0.2) is 0 Å². The lowest BCUT2D eigenvalue weighted by molar-refractivity contribution is 0.307. The average Bonchev–Trinajstić information content (AvgIpc) is 2.44. The molecule has 1 aromatic heterocycles. The van der Waals surface area contributed by atoms with Crippen molar-refractivity contribution in [3.05, 3.63) is 71.4 Å². The molecule has 0 bridgehead atoms. The molecule has 0 fully saturated rings. The zero-order chi connectivity index (χ0) is 13.9.